The van der Waals surface area contributed by atoms with E-state index < -0.39 is 0 Å². The molecule has 7 heteroatoms. The SMILES string of the molecule is c1ccc(Cn2nnnc2C2(N3CCCNCC3)CCCNC2)cc1. The molecule has 2 aliphatic rings. The number of hydrogen-bond acceptors (Lipinski definition) is 6. The zero-order valence-corrected chi connectivity index (χ0v) is 14.7. The molecule has 25 heavy (non-hydrogen) atoms. The lowest BCUT2D eigenvalue weighted by Gasteiger charge is -2.45. The Balaban J connectivity index is 1.67. The zero-order valence-electron chi connectivity index (χ0n) is 14.7. The van der Waals surface area contributed by atoms with Crippen LogP contribution in [0.1, 0.15) is 30.7 Å². The van der Waals surface area contributed by atoms with Crippen molar-refractivity contribution in [3.8, 4) is 0 Å². The maximum absolute atomic E-state index is 4.51. The Morgan fingerprint density at radius 3 is 2.72 bits per heavy atom. The molecule has 0 spiro atoms. The highest BCUT2D eigenvalue weighted by atomic mass is 15.6. The highest BCUT2D eigenvalue weighted by Crippen LogP contribution is 2.34. The highest BCUT2D eigenvalue weighted by molar-refractivity contribution is 5.17. The van der Waals surface area contributed by atoms with E-state index in [0.717, 1.165) is 64.5 Å². The summed E-state index contributed by atoms with van der Waals surface area (Å²) in [5, 5.41) is 20.0. The first-order chi connectivity index (χ1) is 12.4. The standard InChI is InChI=1S/C18H27N7/c1-2-6-16(7-3-1)14-25-17(21-22-23-25)18(8-4-9-20-15-18)24-12-5-10-19-11-13-24/h1-3,6-7,19-20H,4-5,8-15H2. The van der Waals surface area contributed by atoms with Crippen LogP contribution in [0.4, 0.5) is 0 Å². The number of hydrogen-bond donors (Lipinski definition) is 2. The van der Waals surface area contributed by atoms with Gasteiger partial charge in [-0.2, -0.15) is 0 Å². The van der Waals surface area contributed by atoms with Crippen LogP contribution in [-0.4, -0.2) is 64.4 Å². The van der Waals surface area contributed by atoms with Gasteiger partial charge in [0, 0.05) is 26.2 Å². The van der Waals surface area contributed by atoms with E-state index in [9.17, 15) is 0 Å². The molecule has 2 aliphatic heterocycles. The van der Waals surface area contributed by atoms with Crippen LogP contribution in [0.25, 0.3) is 0 Å². The Morgan fingerprint density at radius 2 is 1.88 bits per heavy atom. The Kier molecular flexibility index (Phi) is 5.05. The van der Waals surface area contributed by atoms with Gasteiger partial charge in [0.1, 0.15) is 0 Å². The van der Waals surface area contributed by atoms with E-state index in [1.54, 1.807) is 0 Å². The summed E-state index contributed by atoms with van der Waals surface area (Å²) in [7, 11) is 0. The third-order valence-corrected chi connectivity index (χ3v) is 5.43. The Morgan fingerprint density at radius 1 is 1.00 bits per heavy atom. The summed E-state index contributed by atoms with van der Waals surface area (Å²) in [6.45, 7) is 6.97. The molecule has 7 nitrogen and oxygen atoms in total. The largest absolute Gasteiger partial charge is 0.315 e. The van der Waals surface area contributed by atoms with E-state index in [2.05, 4.69) is 55.3 Å². The van der Waals surface area contributed by atoms with Gasteiger partial charge in [0.2, 0.25) is 0 Å². The molecule has 0 aliphatic carbocycles. The molecule has 1 aromatic heterocycles. The maximum Gasteiger partial charge on any atom is 0.173 e. The minimum absolute atomic E-state index is 0.109. The molecule has 3 heterocycles. The second-order valence-corrected chi connectivity index (χ2v) is 7.05. The van der Waals surface area contributed by atoms with E-state index >= 15 is 0 Å². The first kappa shape index (κ1) is 16.6. The van der Waals surface area contributed by atoms with Crippen molar-refractivity contribution >= 4 is 0 Å². The van der Waals surface area contributed by atoms with Crippen LogP contribution in [0.3, 0.4) is 0 Å². The summed E-state index contributed by atoms with van der Waals surface area (Å²) >= 11 is 0. The maximum atomic E-state index is 4.51. The van der Waals surface area contributed by atoms with Gasteiger partial charge in [-0.05, 0) is 48.3 Å². The van der Waals surface area contributed by atoms with Crippen molar-refractivity contribution in [1.29, 1.82) is 0 Å². The number of benzene rings is 1. The molecule has 0 saturated carbocycles. The predicted molar refractivity (Wildman–Crippen MR) is 96.2 cm³/mol. The van der Waals surface area contributed by atoms with Crippen LogP contribution < -0.4 is 10.6 Å². The summed E-state index contributed by atoms with van der Waals surface area (Å²) in [6, 6.07) is 10.4. The van der Waals surface area contributed by atoms with Gasteiger partial charge in [-0.25, -0.2) is 4.68 Å². The Hall–Kier alpha value is -1.83. The molecule has 4 rings (SSSR count). The van der Waals surface area contributed by atoms with E-state index in [1.165, 1.54) is 12.0 Å². The van der Waals surface area contributed by atoms with Gasteiger partial charge in [-0.3, -0.25) is 4.90 Å². The Labute approximate surface area is 148 Å². The highest BCUT2D eigenvalue weighted by Gasteiger charge is 2.44. The van der Waals surface area contributed by atoms with Crippen molar-refractivity contribution in [3.63, 3.8) is 0 Å². The second-order valence-electron chi connectivity index (χ2n) is 7.05. The van der Waals surface area contributed by atoms with Gasteiger partial charge in [0.05, 0.1) is 12.1 Å². The number of nitrogens with zero attached hydrogens (tertiary/aromatic N) is 5. The fourth-order valence-corrected chi connectivity index (χ4v) is 4.17. The van der Waals surface area contributed by atoms with E-state index in [1.807, 2.05) is 10.7 Å². The lowest BCUT2D eigenvalue weighted by molar-refractivity contribution is 0.0527. The van der Waals surface area contributed by atoms with Gasteiger partial charge >= 0.3 is 0 Å². The number of tetrazole rings is 1. The van der Waals surface area contributed by atoms with Crippen molar-refractivity contribution < 1.29 is 0 Å². The van der Waals surface area contributed by atoms with Gasteiger partial charge in [0.15, 0.2) is 5.82 Å². The monoisotopic (exact) mass is 341 g/mol. The average Bonchev–Trinajstić information content (AvgIpc) is 2.95. The molecule has 2 saturated heterocycles. The van der Waals surface area contributed by atoms with Crippen molar-refractivity contribution in [2.45, 2.75) is 31.3 Å². The van der Waals surface area contributed by atoms with E-state index in [4.69, 9.17) is 0 Å². The normalized spacial score (nSPS) is 25.6. The lowest BCUT2D eigenvalue weighted by Crippen LogP contribution is -2.57. The minimum Gasteiger partial charge on any atom is -0.315 e. The summed E-state index contributed by atoms with van der Waals surface area (Å²) in [6.07, 6.45) is 3.43. The molecule has 0 radical (unpaired) electrons. The third kappa shape index (κ3) is 3.44. The summed E-state index contributed by atoms with van der Waals surface area (Å²) < 4.78 is 2.00. The van der Waals surface area contributed by atoms with Crippen molar-refractivity contribution in [2.24, 2.45) is 0 Å². The van der Waals surface area contributed by atoms with Crippen LogP contribution >= 0.6 is 0 Å². The molecular weight excluding hydrogens is 314 g/mol. The molecule has 134 valence electrons. The van der Waals surface area contributed by atoms with Crippen LogP contribution in [0.5, 0.6) is 0 Å². The fraction of sp³-hybridized carbons (Fsp3) is 0.611. The topological polar surface area (TPSA) is 70.9 Å². The molecule has 2 aromatic rings. The number of rotatable bonds is 4. The van der Waals surface area contributed by atoms with Crippen LogP contribution in [0.15, 0.2) is 30.3 Å². The Bertz CT molecular complexity index is 655. The molecule has 1 atom stereocenters. The molecule has 1 unspecified atom stereocenters. The van der Waals surface area contributed by atoms with Crippen molar-refractivity contribution in [3.05, 3.63) is 41.7 Å². The summed E-state index contributed by atoms with van der Waals surface area (Å²) in [5.74, 6) is 1.01. The third-order valence-electron chi connectivity index (χ3n) is 5.43. The van der Waals surface area contributed by atoms with Crippen LogP contribution in [0.2, 0.25) is 0 Å². The van der Waals surface area contributed by atoms with Gasteiger partial charge in [0.25, 0.3) is 0 Å². The quantitative estimate of drug-likeness (QED) is 0.848. The molecule has 1 aromatic carbocycles. The first-order valence-electron chi connectivity index (χ1n) is 9.36. The molecule has 0 bridgehead atoms. The van der Waals surface area contributed by atoms with Crippen molar-refractivity contribution in [2.75, 3.05) is 39.3 Å². The van der Waals surface area contributed by atoms with Gasteiger partial charge in [-0.15, -0.1) is 5.10 Å². The smallest absolute Gasteiger partial charge is 0.173 e. The second kappa shape index (κ2) is 7.59. The number of aromatic nitrogens is 4. The van der Waals surface area contributed by atoms with Gasteiger partial charge in [-0.1, -0.05) is 30.3 Å². The molecule has 2 fully saturated rings. The van der Waals surface area contributed by atoms with E-state index in [0.29, 0.717) is 0 Å². The summed E-state index contributed by atoms with van der Waals surface area (Å²) in [5.41, 5.74) is 1.12. The minimum atomic E-state index is -0.109. The van der Waals surface area contributed by atoms with Gasteiger partial charge < -0.3 is 10.6 Å². The number of piperidine rings is 1. The lowest BCUT2D eigenvalue weighted by atomic mass is 9.86. The van der Waals surface area contributed by atoms with Crippen molar-refractivity contribution in [1.82, 2.24) is 35.7 Å². The fourth-order valence-electron chi connectivity index (χ4n) is 4.17. The van der Waals surface area contributed by atoms with E-state index in [-0.39, 0.29) is 5.54 Å². The molecule has 2 N–H and O–H groups in total. The average molecular weight is 341 g/mol. The predicted octanol–water partition coefficient (Wildman–Crippen LogP) is 0.595. The molecular formula is C18H27N7. The van der Waals surface area contributed by atoms with Crippen LogP contribution in [-0.2, 0) is 12.1 Å². The van der Waals surface area contributed by atoms with Crippen LogP contribution in [0, 0.1) is 0 Å². The number of nitrogens with one attached hydrogen (secondary N) is 2. The zero-order chi connectivity index (χ0) is 17.0. The first-order valence-corrected chi connectivity index (χ1v) is 9.36. The summed E-state index contributed by atoms with van der Waals surface area (Å²) in [4.78, 5) is 2.60. The molecule has 0 amide bonds.